The minimum atomic E-state index is -0.000140. The largest absolute Gasteiger partial charge is 0.497 e. The Labute approximate surface area is 162 Å². The molecule has 146 valence electrons. The zero-order valence-electron chi connectivity index (χ0n) is 17.0. The summed E-state index contributed by atoms with van der Waals surface area (Å²) in [6.07, 6.45) is 6.89. The van der Waals surface area contributed by atoms with Crippen LogP contribution in [0.5, 0.6) is 11.5 Å². The third kappa shape index (κ3) is 2.19. The van der Waals surface area contributed by atoms with Crippen LogP contribution in [0.1, 0.15) is 44.2 Å². The van der Waals surface area contributed by atoms with E-state index in [0.717, 1.165) is 49.0 Å². The summed E-state index contributed by atoms with van der Waals surface area (Å²) in [7, 11) is 3.53. The van der Waals surface area contributed by atoms with E-state index in [-0.39, 0.29) is 11.5 Å². The van der Waals surface area contributed by atoms with Crippen LogP contribution in [0, 0.1) is 11.8 Å². The van der Waals surface area contributed by atoms with Crippen LogP contribution in [0.25, 0.3) is 0 Å². The molecule has 27 heavy (non-hydrogen) atoms. The van der Waals surface area contributed by atoms with E-state index in [4.69, 9.17) is 14.2 Å². The van der Waals surface area contributed by atoms with Crippen molar-refractivity contribution in [1.29, 1.82) is 0 Å². The molecule has 2 bridgehead atoms. The number of benzene rings is 1. The summed E-state index contributed by atoms with van der Waals surface area (Å²) >= 11 is 0. The van der Waals surface area contributed by atoms with Crippen LogP contribution < -0.4 is 9.47 Å². The SMILES string of the molecule is CCC(C)CN1CC[C@@]23c4c5ccc(OC)c4OC2C(OC)=CCC3[C@@H]1C5. The zero-order chi connectivity index (χ0) is 18.8. The van der Waals surface area contributed by atoms with E-state index < -0.39 is 0 Å². The van der Waals surface area contributed by atoms with Crippen LogP contribution >= 0.6 is 0 Å². The van der Waals surface area contributed by atoms with E-state index in [9.17, 15) is 0 Å². The molecule has 1 spiro atoms. The lowest BCUT2D eigenvalue weighted by Crippen LogP contribution is -2.64. The number of piperidine rings is 1. The van der Waals surface area contributed by atoms with Crippen molar-refractivity contribution in [2.24, 2.45) is 11.8 Å². The van der Waals surface area contributed by atoms with Gasteiger partial charge in [0.25, 0.3) is 0 Å². The predicted octanol–water partition coefficient (Wildman–Crippen LogP) is 3.92. The van der Waals surface area contributed by atoms with Gasteiger partial charge in [0.2, 0.25) is 0 Å². The Morgan fingerprint density at radius 1 is 1.30 bits per heavy atom. The average molecular weight is 370 g/mol. The molecule has 1 fully saturated rings. The van der Waals surface area contributed by atoms with Crippen molar-refractivity contribution in [2.75, 3.05) is 27.3 Å². The monoisotopic (exact) mass is 369 g/mol. The number of hydrogen-bond donors (Lipinski definition) is 0. The van der Waals surface area contributed by atoms with Gasteiger partial charge in [-0.1, -0.05) is 26.3 Å². The molecule has 0 radical (unpaired) electrons. The van der Waals surface area contributed by atoms with E-state index in [2.05, 4.69) is 37.0 Å². The molecule has 2 aliphatic carbocycles. The lowest BCUT2D eigenvalue weighted by Gasteiger charge is -2.57. The molecule has 1 saturated heterocycles. The molecule has 2 heterocycles. The molecule has 0 aromatic heterocycles. The van der Waals surface area contributed by atoms with Crippen molar-refractivity contribution in [2.45, 2.75) is 57.1 Å². The molecule has 1 aromatic carbocycles. The Hall–Kier alpha value is -1.68. The second-order valence-electron chi connectivity index (χ2n) is 8.85. The Bertz CT molecular complexity index is 788. The maximum atomic E-state index is 6.60. The Morgan fingerprint density at radius 3 is 2.89 bits per heavy atom. The van der Waals surface area contributed by atoms with Gasteiger partial charge in [-0.15, -0.1) is 0 Å². The second kappa shape index (κ2) is 6.16. The van der Waals surface area contributed by atoms with Crippen LogP contribution in [0.4, 0.5) is 0 Å². The number of methoxy groups -OCH3 is 2. The van der Waals surface area contributed by atoms with Gasteiger partial charge in [-0.25, -0.2) is 0 Å². The van der Waals surface area contributed by atoms with Gasteiger partial charge in [-0.3, -0.25) is 4.90 Å². The summed E-state index contributed by atoms with van der Waals surface area (Å²) in [6, 6.07) is 4.97. The van der Waals surface area contributed by atoms with Gasteiger partial charge in [0.05, 0.1) is 14.2 Å². The number of likely N-dealkylation sites (tertiary alicyclic amines) is 1. The molecule has 1 aromatic rings. The first-order chi connectivity index (χ1) is 13.1. The van der Waals surface area contributed by atoms with Gasteiger partial charge >= 0.3 is 0 Å². The summed E-state index contributed by atoms with van der Waals surface area (Å²) in [5.41, 5.74) is 2.94. The Morgan fingerprint density at radius 2 is 2.15 bits per heavy atom. The lowest BCUT2D eigenvalue weighted by molar-refractivity contribution is -0.0404. The molecule has 4 aliphatic rings. The van der Waals surface area contributed by atoms with Gasteiger partial charge < -0.3 is 14.2 Å². The number of hydrogen-bond acceptors (Lipinski definition) is 4. The molecule has 4 nitrogen and oxygen atoms in total. The quantitative estimate of drug-likeness (QED) is 0.787. The maximum absolute atomic E-state index is 6.60. The van der Waals surface area contributed by atoms with Gasteiger partial charge in [-0.2, -0.15) is 0 Å². The standard InChI is InChI=1S/C23H31NO3/c1-5-14(2)13-24-11-10-23-16-7-9-19(26-4)22(23)27-21-18(25-3)8-6-15(20(21)23)12-17(16)24/h6,8-9,14,16-17,22H,5,7,10-13H2,1-4H3/t14?,16?,17-,22?,23+/m0/s1. The van der Waals surface area contributed by atoms with E-state index in [1.165, 1.54) is 24.1 Å². The highest BCUT2D eigenvalue weighted by atomic mass is 16.6. The minimum Gasteiger partial charge on any atom is -0.497 e. The first kappa shape index (κ1) is 17.4. The molecule has 4 heteroatoms. The third-order valence-corrected chi connectivity index (χ3v) is 7.74. The number of allylic oxidation sites excluding steroid dienone is 1. The number of rotatable bonds is 5. The van der Waals surface area contributed by atoms with Crippen molar-refractivity contribution in [3.8, 4) is 11.5 Å². The molecule has 5 rings (SSSR count). The van der Waals surface area contributed by atoms with Gasteiger partial charge in [0.15, 0.2) is 17.6 Å². The van der Waals surface area contributed by atoms with Crippen molar-refractivity contribution < 1.29 is 14.2 Å². The molecule has 5 atom stereocenters. The predicted molar refractivity (Wildman–Crippen MR) is 105 cm³/mol. The number of nitrogens with zero attached hydrogens (tertiary/aromatic N) is 1. The summed E-state index contributed by atoms with van der Waals surface area (Å²) in [6.45, 7) is 7.05. The van der Waals surface area contributed by atoms with E-state index in [1.807, 2.05) is 0 Å². The van der Waals surface area contributed by atoms with Gasteiger partial charge in [0, 0.05) is 23.6 Å². The van der Waals surface area contributed by atoms with Crippen LogP contribution in [0.15, 0.2) is 24.0 Å². The Kier molecular flexibility index (Phi) is 3.98. The van der Waals surface area contributed by atoms with E-state index >= 15 is 0 Å². The van der Waals surface area contributed by atoms with E-state index in [1.54, 1.807) is 14.2 Å². The fourth-order valence-electron chi connectivity index (χ4n) is 6.30. The summed E-state index contributed by atoms with van der Waals surface area (Å²) in [5, 5.41) is 0. The second-order valence-corrected chi connectivity index (χ2v) is 8.85. The van der Waals surface area contributed by atoms with Gasteiger partial charge in [-0.05, 0) is 55.3 Å². The highest BCUT2D eigenvalue weighted by Gasteiger charge is 2.64. The summed E-state index contributed by atoms with van der Waals surface area (Å²) in [5.74, 6) is 4.19. The molecular weight excluding hydrogens is 338 g/mol. The molecule has 0 N–H and O–H groups in total. The van der Waals surface area contributed by atoms with Crippen molar-refractivity contribution in [3.63, 3.8) is 0 Å². The van der Waals surface area contributed by atoms with Crippen LogP contribution in [0.3, 0.4) is 0 Å². The molecule has 0 saturated carbocycles. The lowest BCUT2D eigenvalue weighted by atomic mass is 9.53. The van der Waals surface area contributed by atoms with Crippen molar-refractivity contribution in [1.82, 2.24) is 4.90 Å². The maximum Gasteiger partial charge on any atom is 0.166 e. The Balaban J connectivity index is 1.65. The van der Waals surface area contributed by atoms with Crippen molar-refractivity contribution in [3.05, 3.63) is 35.1 Å². The van der Waals surface area contributed by atoms with Crippen LogP contribution in [-0.2, 0) is 16.6 Å². The van der Waals surface area contributed by atoms with Crippen molar-refractivity contribution >= 4 is 0 Å². The first-order valence-electron chi connectivity index (χ1n) is 10.5. The number of ether oxygens (including phenoxy) is 3. The van der Waals surface area contributed by atoms with Crippen LogP contribution in [-0.4, -0.2) is 44.4 Å². The normalized spacial score (nSPS) is 34.4. The molecule has 2 aliphatic heterocycles. The summed E-state index contributed by atoms with van der Waals surface area (Å²) < 4.78 is 18.1. The minimum absolute atomic E-state index is 0.000140. The molecule has 3 unspecified atom stereocenters. The fourth-order valence-corrected chi connectivity index (χ4v) is 6.30. The smallest absolute Gasteiger partial charge is 0.166 e. The fraction of sp³-hybridized carbons (Fsp3) is 0.652. The summed E-state index contributed by atoms with van der Waals surface area (Å²) in [4.78, 5) is 2.78. The zero-order valence-corrected chi connectivity index (χ0v) is 17.0. The highest BCUT2D eigenvalue weighted by Crippen LogP contribution is 2.63. The topological polar surface area (TPSA) is 30.9 Å². The third-order valence-electron chi connectivity index (χ3n) is 7.74. The first-order valence-corrected chi connectivity index (χ1v) is 10.5. The van der Waals surface area contributed by atoms with E-state index in [0.29, 0.717) is 12.0 Å². The van der Waals surface area contributed by atoms with Gasteiger partial charge in [0.1, 0.15) is 5.76 Å². The molecular formula is C23H31NO3. The highest BCUT2D eigenvalue weighted by molar-refractivity contribution is 5.62. The average Bonchev–Trinajstić information content (AvgIpc) is 3.04. The molecule has 0 amide bonds. The van der Waals surface area contributed by atoms with Crippen LogP contribution in [0.2, 0.25) is 0 Å².